The van der Waals surface area contributed by atoms with Crippen LogP contribution in [0.3, 0.4) is 0 Å². The summed E-state index contributed by atoms with van der Waals surface area (Å²) in [7, 11) is 0. The second kappa shape index (κ2) is 8.28. The van der Waals surface area contributed by atoms with Gasteiger partial charge < -0.3 is 9.73 Å². The molecule has 9 heteroatoms. The van der Waals surface area contributed by atoms with Crippen LogP contribution in [0.25, 0.3) is 28.0 Å². The van der Waals surface area contributed by atoms with E-state index in [1.165, 1.54) is 18.2 Å². The topological polar surface area (TPSA) is 116 Å². The van der Waals surface area contributed by atoms with Crippen molar-refractivity contribution >= 4 is 28.3 Å². The third-order valence-electron chi connectivity index (χ3n) is 5.40. The lowest BCUT2D eigenvalue weighted by Crippen LogP contribution is -2.10. The van der Waals surface area contributed by atoms with Crippen LogP contribution in [0, 0.1) is 24.0 Å². The van der Waals surface area contributed by atoms with Gasteiger partial charge in [-0.2, -0.15) is 4.80 Å². The number of furan rings is 1. The zero-order chi connectivity index (χ0) is 23.8. The zero-order valence-corrected chi connectivity index (χ0v) is 18.4. The number of nitro groups is 1. The fraction of sp³-hybridized carbons (Fsp3) is 0.0800. The van der Waals surface area contributed by atoms with Gasteiger partial charge in [-0.3, -0.25) is 14.9 Å². The molecule has 34 heavy (non-hydrogen) atoms. The second-order valence-electron chi connectivity index (χ2n) is 7.88. The highest BCUT2D eigenvalue weighted by molar-refractivity contribution is 6.03. The Bertz CT molecular complexity index is 1570. The molecule has 0 saturated carbocycles. The van der Waals surface area contributed by atoms with Crippen molar-refractivity contribution in [3.8, 4) is 17.0 Å². The first-order chi connectivity index (χ1) is 16.4. The molecule has 0 spiro atoms. The first-order valence-electron chi connectivity index (χ1n) is 10.5. The number of nitro benzene ring substituents is 1. The average Bonchev–Trinajstić information content (AvgIpc) is 3.46. The van der Waals surface area contributed by atoms with Crippen molar-refractivity contribution in [3.05, 3.63) is 99.8 Å². The molecule has 0 saturated heterocycles. The van der Waals surface area contributed by atoms with Crippen molar-refractivity contribution in [2.75, 3.05) is 5.32 Å². The third kappa shape index (κ3) is 3.90. The van der Waals surface area contributed by atoms with E-state index in [2.05, 4.69) is 21.6 Å². The molecular formula is C25H19N5O4. The van der Waals surface area contributed by atoms with Crippen LogP contribution in [0.4, 0.5) is 11.4 Å². The van der Waals surface area contributed by atoms with Gasteiger partial charge >= 0.3 is 0 Å². The van der Waals surface area contributed by atoms with Gasteiger partial charge in [-0.05, 0) is 61.9 Å². The number of carbonyl (C=O) groups is 1. The molecule has 1 N–H and O–H groups in total. The van der Waals surface area contributed by atoms with Crippen LogP contribution in [0.1, 0.15) is 21.7 Å². The number of fused-ring (bicyclic) bond motifs is 1. The highest BCUT2D eigenvalue weighted by Crippen LogP contribution is 2.31. The summed E-state index contributed by atoms with van der Waals surface area (Å²) >= 11 is 0. The van der Waals surface area contributed by atoms with Crippen molar-refractivity contribution in [3.63, 3.8) is 0 Å². The monoisotopic (exact) mass is 453 g/mol. The van der Waals surface area contributed by atoms with Crippen LogP contribution in [-0.2, 0) is 0 Å². The molecule has 2 aromatic heterocycles. The van der Waals surface area contributed by atoms with E-state index in [1.807, 2.05) is 26.0 Å². The van der Waals surface area contributed by atoms with E-state index in [1.54, 1.807) is 41.2 Å². The summed E-state index contributed by atoms with van der Waals surface area (Å²) in [6, 6.07) is 20.5. The number of rotatable bonds is 5. The number of carbonyl (C=O) groups excluding carboxylic acids is 1. The fourth-order valence-electron chi connectivity index (χ4n) is 3.77. The first kappa shape index (κ1) is 21.1. The Morgan fingerprint density at radius 2 is 1.76 bits per heavy atom. The average molecular weight is 453 g/mol. The maximum absolute atomic E-state index is 12.7. The third-order valence-corrected chi connectivity index (χ3v) is 5.40. The van der Waals surface area contributed by atoms with E-state index in [9.17, 15) is 14.9 Å². The number of para-hydroxylation sites is 1. The summed E-state index contributed by atoms with van der Waals surface area (Å²) in [6.07, 6.45) is 0. The summed E-state index contributed by atoms with van der Waals surface area (Å²) in [5.41, 5.74) is 5.14. The number of amides is 1. The Hall–Kier alpha value is -4.79. The number of aryl methyl sites for hydroxylation is 2. The van der Waals surface area contributed by atoms with Gasteiger partial charge in [0, 0.05) is 11.8 Å². The van der Waals surface area contributed by atoms with E-state index in [0.29, 0.717) is 22.3 Å². The standard InChI is InChI=1S/C25H19N5O4/c1-15-7-10-21(16(2)13-15)29-27-19-9-8-17(14-20(19)28-29)26-25(31)24-12-11-23(34-24)18-5-3-4-6-22(18)30(32)33/h3-14H,1-2H3,(H,26,31). The first-order valence-corrected chi connectivity index (χ1v) is 10.5. The van der Waals surface area contributed by atoms with Gasteiger partial charge in [0.2, 0.25) is 0 Å². The zero-order valence-electron chi connectivity index (χ0n) is 18.4. The number of hydrogen-bond donors (Lipinski definition) is 1. The molecule has 0 atom stereocenters. The lowest BCUT2D eigenvalue weighted by atomic mass is 10.1. The van der Waals surface area contributed by atoms with Crippen LogP contribution in [0.5, 0.6) is 0 Å². The van der Waals surface area contributed by atoms with E-state index in [-0.39, 0.29) is 17.2 Å². The SMILES string of the molecule is Cc1ccc(-n2nc3ccc(NC(=O)c4ccc(-c5ccccc5[N+](=O)[O-])o4)cc3n2)c(C)c1. The number of nitrogens with one attached hydrogen (secondary N) is 1. The molecule has 0 fully saturated rings. The van der Waals surface area contributed by atoms with Gasteiger partial charge in [0.05, 0.1) is 16.2 Å². The van der Waals surface area contributed by atoms with Crippen LogP contribution >= 0.6 is 0 Å². The summed E-state index contributed by atoms with van der Waals surface area (Å²) in [5, 5.41) is 23.1. The smallest absolute Gasteiger partial charge is 0.291 e. The number of anilines is 1. The number of aromatic nitrogens is 3. The molecule has 9 nitrogen and oxygen atoms in total. The molecule has 5 rings (SSSR count). The summed E-state index contributed by atoms with van der Waals surface area (Å²) in [5.74, 6) is -0.206. The largest absolute Gasteiger partial charge is 0.451 e. The fourth-order valence-corrected chi connectivity index (χ4v) is 3.77. The Kier molecular flexibility index (Phi) is 5.14. The normalized spacial score (nSPS) is 11.0. The summed E-state index contributed by atoms with van der Waals surface area (Å²) in [6.45, 7) is 4.03. The quantitative estimate of drug-likeness (QED) is 0.279. The second-order valence-corrected chi connectivity index (χ2v) is 7.88. The van der Waals surface area contributed by atoms with Crippen LogP contribution in [-0.4, -0.2) is 25.8 Å². The van der Waals surface area contributed by atoms with Crippen molar-refractivity contribution in [1.29, 1.82) is 0 Å². The molecular weight excluding hydrogens is 434 g/mol. The molecule has 0 aliphatic carbocycles. The predicted octanol–water partition coefficient (Wildman–Crippen LogP) is 5.46. The molecule has 0 unspecified atom stereocenters. The van der Waals surface area contributed by atoms with Crippen LogP contribution in [0.15, 0.2) is 77.2 Å². The number of benzene rings is 3. The van der Waals surface area contributed by atoms with Gasteiger partial charge in [0.25, 0.3) is 11.6 Å². The van der Waals surface area contributed by atoms with Crippen molar-refractivity contribution in [2.24, 2.45) is 0 Å². The minimum atomic E-state index is -0.488. The molecule has 0 radical (unpaired) electrons. The maximum atomic E-state index is 12.7. The van der Waals surface area contributed by atoms with Crippen molar-refractivity contribution < 1.29 is 14.1 Å². The molecule has 0 aliphatic heterocycles. The minimum Gasteiger partial charge on any atom is -0.451 e. The van der Waals surface area contributed by atoms with Gasteiger partial charge in [0.1, 0.15) is 16.8 Å². The van der Waals surface area contributed by atoms with Crippen molar-refractivity contribution in [2.45, 2.75) is 13.8 Å². The Morgan fingerprint density at radius 1 is 0.971 bits per heavy atom. The number of hydrogen-bond acceptors (Lipinski definition) is 6. The van der Waals surface area contributed by atoms with E-state index in [0.717, 1.165) is 16.8 Å². The number of nitrogens with zero attached hydrogens (tertiary/aromatic N) is 4. The molecule has 1 amide bonds. The van der Waals surface area contributed by atoms with Gasteiger partial charge in [-0.1, -0.05) is 29.8 Å². The maximum Gasteiger partial charge on any atom is 0.291 e. The lowest BCUT2D eigenvalue weighted by Gasteiger charge is -2.04. The van der Waals surface area contributed by atoms with Gasteiger partial charge in [-0.25, -0.2) is 0 Å². The summed E-state index contributed by atoms with van der Waals surface area (Å²) in [4.78, 5) is 25.1. The van der Waals surface area contributed by atoms with Crippen LogP contribution in [0.2, 0.25) is 0 Å². The predicted molar refractivity (Wildman–Crippen MR) is 127 cm³/mol. The molecule has 168 valence electrons. The Labute approximate surface area is 193 Å². The summed E-state index contributed by atoms with van der Waals surface area (Å²) < 4.78 is 5.62. The molecule has 0 aliphatic rings. The minimum absolute atomic E-state index is 0.0344. The highest BCUT2D eigenvalue weighted by atomic mass is 16.6. The molecule has 3 aromatic carbocycles. The van der Waals surface area contributed by atoms with E-state index >= 15 is 0 Å². The van der Waals surface area contributed by atoms with Crippen LogP contribution < -0.4 is 5.32 Å². The van der Waals surface area contributed by atoms with E-state index < -0.39 is 10.8 Å². The Balaban J connectivity index is 1.39. The van der Waals surface area contributed by atoms with E-state index in [4.69, 9.17) is 4.42 Å². The lowest BCUT2D eigenvalue weighted by molar-refractivity contribution is -0.384. The van der Waals surface area contributed by atoms with Crippen molar-refractivity contribution in [1.82, 2.24) is 15.0 Å². The highest BCUT2D eigenvalue weighted by Gasteiger charge is 2.19. The molecule has 2 heterocycles. The molecule has 0 bridgehead atoms. The van der Waals surface area contributed by atoms with Gasteiger partial charge in [-0.15, -0.1) is 10.2 Å². The Morgan fingerprint density at radius 3 is 2.56 bits per heavy atom. The van der Waals surface area contributed by atoms with Gasteiger partial charge in [0.15, 0.2) is 5.76 Å². The molecule has 5 aromatic rings.